The van der Waals surface area contributed by atoms with Crippen LogP contribution in [0.3, 0.4) is 0 Å². The number of halogens is 1. The molecule has 0 atom stereocenters. The van der Waals surface area contributed by atoms with Crippen molar-refractivity contribution < 1.29 is 9.59 Å². The second-order valence-corrected chi connectivity index (χ2v) is 4.93. The van der Waals surface area contributed by atoms with Gasteiger partial charge in [0.15, 0.2) is 0 Å². The maximum atomic E-state index is 11.5. The number of benzene rings is 1. The van der Waals surface area contributed by atoms with E-state index >= 15 is 0 Å². The number of rotatable bonds is 5. The van der Waals surface area contributed by atoms with Crippen molar-refractivity contribution in [3.05, 3.63) is 35.3 Å². The van der Waals surface area contributed by atoms with Crippen LogP contribution in [-0.2, 0) is 4.79 Å². The number of carbonyl (C=O) groups is 2. The zero-order valence-electron chi connectivity index (χ0n) is 10.6. The average Bonchev–Trinajstić information content (AvgIpc) is 2.36. The number of amides is 3. The highest BCUT2D eigenvalue weighted by molar-refractivity contribution is 9.11. The Hall–Kier alpha value is -1.82. The van der Waals surface area contributed by atoms with Crippen molar-refractivity contribution in [2.75, 3.05) is 17.2 Å². The van der Waals surface area contributed by atoms with Crippen LogP contribution in [-0.4, -0.2) is 18.5 Å². The van der Waals surface area contributed by atoms with E-state index in [1.165, 1.54) is 0 Å². The van der Waals surface area contributed by atoms with Crippen LogP contribution < -0.4 is 16.0 Å². The van der Waals surface area contributed by atoms with Gasteiger partial charge in [0, 0.05) is 22.3 Å². The average molecular weight is 326 g/mol. The smallest absolute Gasteiger partial charge is 0.319 e. The van der Waals surface area contributed by atoms with Gasteiger partial charge in [0.25, 0.3) is 0 Å². The fourth-order valence-corrected chi connectivity index (χ4v) is 1.42. The molecule has 1 rings (SSSR count). The van der Waals surface area contributed by atoms with Gasteiger partial charge in [0.1, 0.15) is 0 Å². The minimum atomic E-state index is -0.334. The van der Waals surface area contributed by atoms with E-state index < -0.39 is 0 Å². The normalized spacial score (nSPS) is 9.58. The largest absolute Gasteiger partial charge is 0.333 e. The molecule has 0 saturated heterocycles. The first-order chi connectivity index (χ1) is 9.01. The lowest BCUT2D eigenvalue weighted by Crippen LogP contribution is -2.29. The lowest BCUT2D eigenvalue weighted by Gasteiger charge is -2.09. The Morgan fingerprint density at radius 1 is 1.26 bits per heavy atom. The molecule has 5 nitrogen and oxygen atoms in total. The third-order valence-corrected chi connectivity index (χ3v) is 2.45. The summed E-state index contributed by atoms with van der Waals surface area (Å²) in [7, 11) is 0. The summed E-state index contributed by atoms with van der Waals surface area (Å²) in [6.45, 7) is 5.74. The van der Waals surface area contributed by atoms with Crippen LogP contribution in [0.5, 0.6) is 0 Å². The van der Waals surface area contributed by atoms with Crippen molar-refractivity contribution >= 4 is 39.2 Å². The molecule has 3 amide bonds. The molecule has 6 heteroatoms. The number of hydrogen-bond acceptors (Lipinski definition) is 2. The molecule has 0 saturated carbocycles. The van der Waals surface area contributed by atoms with Gasteiger partial charge in [0.2, 0.25) is 5.91 Å². The van der Waals surface area contributed by atoms with Gasteiger partial charge in [-0.15, -0.1) is 0 Å². The predicted molar refractivity (Wildman–Crippen MR) is 80.5 cm³/mol. The van der Waals surface area contributed by atoms with E-state index in [-0.39, 0.29) is 11.9 Å². The van der Waals surface area contributed by atoms with Crippen LogP contribution in [0.2, 0.25) is 0 Å². The van der Waals surface area contributed by atoms with Crippen molar-refractivity contribution in [2.24, 2.45) is 0 Å². The van der Waals surface area contributed by atoms with Crippen molar-refractivity contribution in [3.63, 3.8) is 0 Å². The molecular weight excluding hydrogens is 310 g/mol. The Bertz CT molecular complexity index is 489. The molecule has 0 aliphatic carbocycles. The monoisotopic (exact) mass is 325 g/mol. The van der Waals surface area contributed by atoms with Crippen molar-refractivity contribution in [1.82, 2.24) is 5.32 Å². The summed E-state index contributed by atoms with van der Waals surface area (Å²) in [6.07, 6.45) is 0.408. The Kier molecular flexibility index (Phi) is 6.08. The first kappa shape index (κ1) is 15.2. The van der Waals surface area contributed by atoms with E-state index in [1.54, 1.807) is 31.2 Å². The van der Waals surface area contributed by atoms with Gasteiger partial charge >= 0.3 is 6.03 Å². The molecule has 0 spiro atoms. The SMILES string of the molecule is C=C(Br)CNC(=O)Nc1cccc(NC(=O)CC)c1. The molecule has 3 N–H and O–H groups in total. The van der Waals surface area contributed by atoms with Gasteiger partial charge in [-0.25, -0.2) is 4.79 Å². The molecule has 1 aromatic carbocycles. The quantitative estimate of drug-likeness (QED) is 0.778. The summed E-state index contributed by atoms with van der Waals surface area (Å²) in [6, 6.07) is 6.61. The zero-order valence-corrected chi connectivity index (χ0v) is 12.2. The number of urea groups is 1. The number of hydrogen-bond donors (Lipinski definition) is 3. The summed E-state index contributed by atoms with van der Waals surface area (Å²) in [5, 5.41) is 8.01. The second-order valence-electron chi connectivity index (χ2n) is 3.81. The maximum absolute atomic E-state index is 11.5. The molecule has 0 bridgehead atoms. The summed E-state index contributed by atoms with van der Waals surface area (Å²) in [5.41, 5.74) is 1.25. The molecule has 0 fully saturated rings. The van der Waals surface area contributed by atoms with Gasteiger partial charge < -0.3 is 16.0 Å². The lowest BCUT2D eigenvalue weighted by atomic mass is 10.2. The molecular formula is C13H16BrN3O2. The standard InChI is InChI=1S/C13H16BrN3O2/c1-3-12(18)16-10-5-4-6-11(7-10)17-13(19)15-8-9(2)14/h4-7H,2-3,8H2,1H3,(H,16,18)(H2,15,17,19). The van der Waals surface area contributed by atoms with Crippen molar-refractivity contribution in [1.29, 1.82) is 0 Å². The molecule has 0 aliphatic rings. The van der Waals surface area contributed by atoms with Crippen molar-refractivity contribution in [3.8, 4) is 0 Å². The second kappa shape index (κ2) is 7.58. The van der Waals surface area contributed by atoms with Crippen LogP contribution in [0.15, 0.2) is 35.3 Å². The third-order valence-electron chi connectivity index (χ3n) is 2.17. The van der Waals surface area contributed by atoms with Gasteiger partial charge in [-0.1, -0.05) is 35.5 Å². The topological polar surface area (TPSA) is 70.2 Å². The van der Waals surface area contributed by atoms with E-state index in [4.69, 9.17) is 0 Å². The van der Waals surface area contributed by atoms with E-state index in [9.17, 15) is 9.59 Å². The Balaban J connectivity index is 2.59. The van der Waals surface area contributed by atoms with E-state index in [2.05, 4.69) is 38.5 Å². The highest BCUT2D eigenvalue weighted by atomic mass is 79.9. The molecule has 0 aromatic heterocycles. The first-order valence-corrected chi connectivity index (χ1v) is 6.58. The first-order valence-electron chi connectivity index (χ1n) is 5.79. The van der Waals surface area contributed by atoms with Crippen LogP contribution in [0.4, 0.5) is 16.2 Å². The number of nitrogens with one attached hydrogen (secondary N) is 3. The van der Waals surface area contributed by atoms with Gasteiger partial charge in [-0.3, -0.25) is 4.79 Å². The molecule has 0 unspecified atom stereocenters. The fourth-order valence-electron chi connectivity index (χ4n) is 1.28. The van der Waals surface area contributed by atoms with Gasteiger partial charge in [-0.2, -0.15) is 0 Å². The minimum absolute atomic E-state index is 0.0720. The summed E-state index contributed by atoms with van der Waals surface area (Å²) in [5.74, 6) is -0.0720. The predicted octanol–water partition coefficient (Wildman–Crippen LogP) is 3.07. The Morgan fingerprint density at radius 3 is 2.47 bits per heavy atom. The molecule has 0 radical (unpaired) electrons. The lowest BCUT2D eigenvalue weighted by molar-refractivity contribution is -0.115. The Labute approximate surface area is 120 Å². The van der Waals surface area contributed by atoms with Crippen LogP contribution in [0, 0.1) is 0 Å². The van der Waals surface area contributed by atoms with Crippen LogP contribution in [0.25, 0.3) is 0 Å². The fraction of sp³-hybridized carbons (Fsp3) is 0.231. The molecule has 1 aromatic rings. The number of anilines is 2. The summed E-state index contributed by atoms with van der Waals surface area (Å²) >= 11 is 3.15. The highest BCUT2D eigenvalue weighted by Gasteiger charge is 2.03. The van der Waals surface area contributed by atoms with Crippen LogP contribution in [0.1, 0.15) is 13.3 Å². The molecule has 0 heterocycles. The maximum Gasteiger partial charge on any atom is 0.319 e. The van der Waals surface area contributed by atoms with Gasteiger partial charge in [0.05, 0.1) is 6.54 Å². The van der Waals surface area contributed by atoms with E-state index in [0.29, 0.717) is 28.8 Å². The highest BCUT2D eigenvalue weighted by Crippen LogP contribution is 2.15. The number of carbonyl (C=O) groups excluding carboxylic acids is 2. The summed E-state index contributed by atoms with van der Waals surface area (Å²) < 4.78 is 0.687. The van der Waals surface area contributed by atoms with Crippen molar-refractivity contribution in [2.45, 2.75) is 13.3 Å². The van der Waals surface area contributed by atoms with E-state index in [1.807, 2.05) is 0 Å². The minimum Gasteiger partial charge on any atom is -0.333 e. The molecule has 19 heavy (non-hydrogen) atoms. The Morgan fingerprint density at radius 2 is 1.89 bits per heavy atom. The molecule has 0 aliphatic heterocycles. The van der Waals surface area contributed by atoms with E-state index in [0.717, 1.165) is 0 Å². The molecule has 102 valence electrons. The zero-order chi connectivity index (χ0) is 14.3. The summed E-state index contributed by atoms with van der Waals surface area (Å²) in [4.78, 5) is 22.8. The van der Waals surface area contributed by atoms with Crippen LogP contribution >= 0.6 is 15.9 Å². The third kappa shape index (κ3) is 6.05. The van der Waals surface area contributed by atoms with Gasteiger partial charge in [-0.05, 0) is 18.2 Å².